The number of ether oxygens (including phenoxy) is 1. The number of hydrogen-bond donors (Lipinski definition) is 1. The van der Waals surface area contributed by atoms with Crippen LogP contribution in [0.1, 0.15) is 29.3 Å². The number of halogens is 1. The number of rotatable bonds is 9. The van der Waals surface area contributed by atoms with E-state index in [-0.39, 0.29) is 18.2 Å². The normalized spacial score (nSPS) is 16.2. The first-order chi connectivity index (χ1) is 17.9. The highest BCUT2D eigenvalue weighted by Crippen LogP contribution is 2.32. The van der Waals surface area contributed by atoms with Crippen molar-refractivity contribution in [2.75, 3.05) is 18.5 Å². The SMILES string of the molecule is CCOC(=O)c1ccc(N=C2S[C@H](CC(=O)Nc3ccccc3Cl)C(=O)N2CCc2ccccc2)cc1. The molecule has 37 heavy (non-hydrogen) atoms. The van der Waals surface area contributed by atoms with E-state index in [0.717, 1.165) is 5.56 Å². The standard InChI is InChI=1S/C28H26ClN3O4S/c1-2-36-27(35)20-12-14-21(15-13-20)30-28-32(17-16-19-8-4-3-5-9-19)26(34)24(37-28)18-25(33)31-23-11-7-6-10-22(23)29/h3-15,24H,2,16-18H2,1H3,(H,31,33)/t24-/m1/s1. The van der Waals surface area contributed by atoms with Crippen molar-refractivity contribution >= 4 is 57.7 Å². The highest BCUT2D eigenvalue weighted by atomic mass is 35.5. The number of anilines is 1. The van der Waals surface area contributed by atoms with Gasteiger partial charge in [0.05, 0.1) is 28.6 Å². The molecule has 0 aromatic heterocycles. The third-order valence-corrected chi connectivity index (χ3v) is 7.11. The maximum absolute atomic E-state index is 13.4. The van der Waals surface area contributed by atoms with Crippen molar-refractivity contribution in [1.29, 1.82) is 0 Å². The van der Waals surface area contributed by atoms with E-state index in [1.54, 1.807) is 60.4 Å². The highest BCUT2D eigenvalue weighted by molar-refractivity contribution is 8.15. The van der Waals surface area contributed by atoms with Gasteiger partial charge in [0.25, 0.3) is 0 Å². The Morgan fingerprint density at radius 2 is 1.73 bits per heavy atom. The van der Waals surface area contributed by atoms with Gasteiger partial charge in [0, 0.05) is 13.0 Å². The van der Waals surface area contributed by atoms with Crippen LogP contribution in [-0.2, 0) is 20.7 Å². The average molecular weight is 536 g/mol. The minimum Gasteiger partial charge on any atom is -0.462 e. The number of esters is 1. The molecule has 2 amide bonds. The number of amides is 2. The van der Waals surface area contributed by atoms with Crippen molar-refractivity contribution < 1.29 is 19.1 Å². The maximum atomic E-state index is 13.4. The summed E-state index contributed by atoms with van der Waals surface area (Å²) in [6.07, 6.45) is 0.629. The zero-order valence-corrected chi connectivity index (χ0v) is 21.8. The van der Waals surface area contributed by atoms with E-state index < -0.39 is 11.2 Å². The Hall–Kier alpha value is -3.62. The third-order valence-electron chi connectivity index (χ3n) is 5.61. The van der Waals surface area contributed by atoms with Gasteiger partial charge in [-0.1, -0.05) is 65.8 Å². The van der Waals surface area contributed by atoms with Crippen molar-refractivity contribution in [2.45, 2.75) is 25.0 Å². The number of amidine groups is 1. The number of nitrogens with zero attached hydrogens (tertiary/aromatic N) is 2. The van der Waals surface area contributed by atoms with E-state index in [9.17, 15) is 14.4 Å². The lowest BCUT2D eigenvalue weighted by atomic mass is 10.1. The van der Waals surface area contributed by atoms with Crippen molar-refractivity contribution in [3.8, 4) is 0 Å². The van der Waals surface area contributed by atoms with E-state index in [1.165, 1.54) is 11.8 Å². The summed E-state index contributed by atoms with van der Waals surface area (Å²) in [4.78, 5) is 44.4. The van der Waals surface area contributed by atoms with Crippen LogP contribution in [-0.4, -0.2) is 46.3 Å². The molecule has 0 spiro atoms. The van der Waals surface area contributed by atoms with E-state index in [4.69, 9.17) is 16.3 Å². The molecule has 7 nitrogen and oxygen atoms in total. The molecular formula is C28H26ClN3O4S. The summed E-state index contributed by atoms with van der Waals surface area (Å²) in [5.41, 5.74) is 2.62. The van der Waals surface area contributed by atoms with Gasteiger partial charge in [-0.2, -0.15) is 0 Å². The molecule has 1 saturated heterocycles. The van der Waals surface area contributed by atoms with Gasteiger partial charge < -0.3 is 10.1 Å². The lowest BCUT2D eigenvalue weighted by molar-refractivity contribution is -0.128. The van der Waals surface area contributed by atoms with Gasteiger partial charge in [-0.15, -0.1) is 0 Å². The number of carbonyl (C=O) groups excluding carboxylic acids is 3. The number of aliphatic imine (C=N–C) groups is 1. The van der Waals surface area contributed by atoms with E-state index >= 15 is 0 Å². The number of para-hydroxylation sites is 1. The fourth-order valence-corrected chi connectivity index (χ4v) is 5.11. The molecule has 0 saturated carbocycles. The number of benzene rings is 3. The van der Waals surface area contributed by atoms with Gasteiger partial charge in [-0.25, -0.2) is 9.79 Å². The Bertz CT molecular complexity index is 1300. The van der Waals surface area contributed by atoms with Crippen molar-refractivity contribution in [2.24, 2.45) is 4.99 Å². The molecule has 0 radical (unpaired) electrons. The van der Waals surface area contributed by atoms with Crippen LogP contribution in [0.2, 0.25) is 5.02 Å². The fraction of sp³-hybridized carbons (Fsp3) is 0.214. The second kappa shape index (κ2) is 12.6. The summed E-state index contributed by atoms with van der Waals surface area (Å²) >= 11 is 7.41. The van der Waals surface area contributed by atoms with Crippen LogP contribution in [0.15, 0.2) is 83.9 Å². The first-order valence-electron chi connectivity index (χ1n) is 11.9. The van der Waals surface area contributed by atoms with Gasteiger partial charge in [0.1, 0.15) is 5.25 Å². The quantitative estimate of drug-likeness (QED) is 0.354. The van der Waals surface area contributed by atoms with E-state index in [0.29, 0.717) is 46.7 Å². The van der Waals surface area contributed by atoms with Crippen LogP contribution in [0.4, 0.5) is 11.4 Å². The Morgan fingerprint density at radius 1 is 1.03 bits per heavy atom. The second-order valence-electron chi connectivity index (χ2n) is 8.23. The molecule has 1 fully saturated rings. The summed E-state index contributed by atoms with van der Waals surface area (Å²) in [5.74, 6) is -0.875. The van der Waals surface area contributed by atoms with Crippen molar-refractivity contribution in [3.05, 3.63) is 95.0 Å². The number of nitrogens with one attached hydrogen (secondary N) is 1. The highest BCUT2D eigenvalue weighted by Gasteiger charge is 2.39. The zero-order chi connectivity index (χ0) is 26.2. The lowest BCUT2D eigenvalue weighted by Gasteiger charge is -2.16. The van der Waals surface area contributed by atoms with Crippen LogP contribution >= 0.6 is 23.4 Å². The predicted octanol–water partition coefficient (Wildman–Crippen LogP) is 5.72. The molecule has 0 unspecified atom stereocenters. The number of hydrogen-bond acceptors (Lipinski definition) is 6. The first-order valence-corrected chi connectivity index (χ1v) is 13.1. The summed E-state index contributed by atoms with van der Waals surface area (Å²) in [6.45, 7) is 2.48. The summed E-state index contributed by atoms with van der Waals surface area (Å²) < 4.78 is 5.03. The Morgan fingerprint density at radius 3 is 2.43 bits per heavy atom. The Kier molecular flexibility index (Phi) is 8.98. The van der Waals surface area contributed by atoms with Gasteiger partial charge >= 0.3 is 5.97 Å². The minimum absolute atomic E-state index is 0.0165. The molecule has 190 valence electrons. The Balaban J connectivity index is 1.51. The topological polar surface area (TPSA) is 88.1 Å². The monoisotopic (exact) mass is 535 g/mol. The fourth-order valence-electron chi connectivity index (χ4n) is 3.75. The van der Waals surface area contributed by atoms with Crippen molar-refractivity contribution in [3.63, 3.8) is 0 Å². The second-order valence-corrected chi connectivity index (χ2v) is 9.80. The molecule has 1 aliphatic heterocycles. The minimum atomic E-state index is -0.615. The molecule has 9 heteroatoms. The molecule has 0 bridgehead atoms. The van der Waals surface area contributed by atoms with E-state index in [2.05, 4.69) is 10.3 Å². The number of thioether (sulfide) groups is 1. The molecule has 3 aromatic carbocycles. The first kappa shape index (κ1) is 26.4. The predicted molar refractivity (Wildman–Crippen MR) is 147 cm³/mol. The molecule has 4 rings (SSSR count). The van der Waals surface area contributed by atoms with Crippen LogP contribution in [0, 0.1) is 0 Å². The molecule has 0 aliphatic carbocycles. The summed E-state index contributed by atoms with van der Waals surface area (Å²) in [5, 5.41) is 3.11. The van der Waals surface area contributed by atoms with Crippen LogP contribution in [0.5, 0.6) is 0 Å². The number of carbonyl (C=O) groups is 3. The molecule has 1 N–H and O–H groups in total. The molecule has 1 aliphatic rings. The average Bonchev–Trinajstić information content (AvgIpc) is 3.18. The van der Waals surface area contributed by atoms with Crippen LogP contribution in [0.25, 0.3) is 0 Å². The molecular weight excluding hydrogens is 510 g/mol. The van der Waals surface area contributed by atoms with Gasteiger partial charge in [0.15, 0.2) is 5.17 Å². The van der Waals surface area contributed by atoms with Crippen LogP contribution < -0.4 is 5.32 Å². The maximum Gasteiger partial charge on any atom is 0.338 e. The van der Waals surface area contributed by atoms with Gasteiger partial charge in [-0.3, -0.25) is 14.5 Å². The summed E-state index contributed by atoms with van der Waals surface area (Å²) in [7, 11) is 0. The van der Waals surface area contributed by atoms with Crippen molar-refractivity contribution in [1.82, 2.24) is 4.90 Å². The largest absolute Gasteiger partial charge is 0.462 e. The summed E-state index contributed by atoms with van der Waals surface area (Å²) in [6, 6.07) is 23.5. The Labute approximate surface area is 224 Å². The molecule has 1 atom stereocenters. The molecule has 3 aromatic rings. The molecule has 1 heterocycles. The zero-order valence-electron chi connectivity index (χ0n) is 20.2. The van der Waals surface area contributed by atoms with Gasteiger partial charge in [-0.05, 0) is 55.3 Å². The third kappa shape index (κ3) is 6.99. The lowest BCUT2D eigenvalue weighted by Crippen LogP contribution is -2.35. The van der Waals surface area contributed by atoms with Gasteiger partial charge in [0.2, 0.25) is 11.8 Å². The van der Waals surface area contributed by atoms with Crippen LogP contribution in [0.3, 0.4) is 0 Å². The smallest absolute Gasteiger partial charge is 0.338 e. The van der Waals surface area contributed by atoms with E-state index in [1.807, 2.05) is 30.3 Å².